The number of carboxylic acids is 1. The van der Waals surface area contributed by atoms with Gasteiger partial charge in [-0.2, -0.15) is 0 Å². The average molecular weight is 872 g/mol. The number of carboxylic acid groups (broad SMARTS) is 1. The lowest BCUT2D eigenvalue weighted by Gasteiger charge is -2.33. The number of nitrogens with zero attached hydrogens (tertiary/aromatic N) is 2. The summed E-state index contributed by atoms with van der Waals surface area (Å²) in [5, 5.41) is 8.86. The van der Waals surface area contributed by atoms with E-state index in [1.54, 1.807) is 19.1 Å². The lowest BCUT2D eigenvalue weighted by molar-refractivity contribution is -0.142. The Balaban J connectivity index is 0.000000558. The van der Waals surface area contributed by atoms with Crippen molar-refractivity contribution < 1.29 is 48.4 Å². The van der Waals surface area contributed by atoms with Crippen LogP contribution in [0.5, 0.6) is 0 Å². The fraction of sp³-hybridized carbons (Fsp3) is 0.459. The van der Waals surface area contributed by atoms with E-state index in [-0.39, 0.29) is 53.7 Å². The lowest BCUT2D eigenvalue weighted by Crippen LogP contribution is -2.52. The van der Waals surface area contributed by atoms with E-state index in [0.717, 1.165) is 25.4 Å². The van der Waals surface area contributed by atoms with Crippen LogP contribution in [0.3, 0.4) is 0 Å². The molecule has 0 fully saturated rings. The number of carbonyl (C=O) groups is 2. The zero-order valence-corrected chi connectivity index (χ0v) is 35.7. The van der Waals surface area contributed by atoms with Crippen LogP contribution < -0.4 is 15.4 Å². The van der Waals surface area contributed by atoms with Crippen molar-refractivity contribution in [3.63, 3.8) is 0 Å². The van der Waals surface area contributed by atoms with E-state index in [0.29, 0.717) is 21.7 Å². The third-order valence-corrected chi connectivity index (χ3v) is 14.2. The second kappa shape index (κ2) is 20.8. The summed E-state index contributed by atoms with van der Waals surface area (Å²) in [6.07, 6.45) is 4.84. The molecular weight excluding hydrogens is 819 g/mol. The van der Waals surface area contributed by atoms with Gasteiger partial charge in [-0.25, -0.2) is 33.7 Å². The molecule has 0 aromatic heterocycles. The first-order valence-corrected chi connectivity index (χ1v) is 24.9. The third-order valence-electron chi connectivity index (χ3n) is 9.25. The van der Waals surface area contributed by atoms with Crippen molar-refractivity contribution in [2.75, 3.05) is 12.5 Å². The number of benzene rings is 3. The zero-order chi connectivity index (χ0) is 42.6. The van der Waals surface area contributed by atoms with Gasteiger partial charge in [-0.3, -0.25) is 9.59 Å². The summed E-state index contributed by atoms with van der Waals surface area (Å²) in [6, 6.07) is 20.9. The Bertz CT molecular complexity index is 2240. The number of aliphatic carboxylic acids is 1. The molecule has 16 nitrogen and oxygen atoms in total. The fourth-order valence-corrected chi connectivity index (χ4v) is 11.6. The first kappa shape index (κ1) is 47.6. The standard InChI is InChI=1S/C26H41N5O9S4.C11H12O2/c1-21(18-19-22(2)30(28-41(3,33)34)43(37,38)24-13-7-5-8-14-24)20-23(12-11-17-26(27)32)31(29-42(4,35)36)44(39,40)25-15-9-6-10-16-25;12-11(13)10-6-5-8-3-1-2-4-9(8)7-10/h5-10,13-16,21-23,28-29H,11-12,17-20H2,1-4H3,(H2,27,32);1-4,10H,5-7H2,(H,12,13). The Labute approximate surface area is 337 Å². The number of primary amides is 1. The summed E-state index contributed by atoms with van der Waals surface area (Å²) >= 11 is 0. The molecule has 3 aromatic carbocycles. The van der Waals surface area contributed by atoms with Gasteiger partial charge in [0.15, 0.2) is 0 Å². The zero-order valence-electron chi connectivity index (χ0n) is 32.4. The maximum Gasteiger partial charge on any atom is 0.306 e. The Hall–Kier alpha value is -3.76. The van der Waals surface area contributed by atoms with Crippen LogP contribution >= 0.6 is 0 Å². The molecule has 0 saturated heterocycles. The number of nitrogens with one attached hydrogen (secondary N) is 2. The molecule has 1 amide bonds. The first-order valence-electron chi connectivity index (χ1n) is 18.2. The molecule has 1 aliphatic rings. The summed E-state index contributed by atoms with van der Waals surface area (Å²) in [4.78, 5) is 26.1. The monoisotopic (exact) mass is 871 g/mol. The molecular formula is C37H53N5O11S4. The van der Waals surface area contributed by atoms with Gasteiger partial charge in [0.2, 0.25) is 26.0 Å². The van der Waals surface area contributed by atoms with Crippen molar-refractivity contribution in [3.05, 3.63) is 96.1 Å². The van der Waals surface area contributed by atoms with Crippen molar-refractivity contribution in [1.82, 2.24) is 18.5 Å². The highest BCUT2D eigenvalue weighted by Crippen LogP contribution is 2.28. The third kappa shape index (κ3) is 15.2. The van der Waals surface area contributed by atoms with Crippen molar-refractivity contribution >= 4 is 52.0 Å². The summed E-state index contributed by atoms with van der Waals surface area (Å²) in [6.45, 7) is 3.31. The van der Waals surface area contributed by atoms with E-state index in [1.165, 1.54) is 66.6 Å². The van der Waals surface area contributed by atoms with Gasteiger partial charge < -0.3 is 10.8 Å². The number of hydrogen-bond donors (Lipinski definition) is 4. The summed E-state index contributed by atoms with van der Waals surface area (Å²) in [5.41, 5.74) is 7.81. The quantitative estimate of drug-likeness (QED) is 0.120. The van der Waals surface area contributed by atoms with E-state index in [2.05, 4.69) is 15.7 Å². The number of hydrazine groups is 2. The predicted octanol–water partition coefficient (Wildman–Crippen LogP) is 3.39. The van der Waals surface area contributed by atoms with E-state index in [4.69, 9.17) is 10.8 Å². The summed E-state index contributed by atoms with van der Waals surface area (Å²) in [5.74, 6) is -1.74. The van der Waals surface area contributed by atoms with Crippen LogP contribution in [0.1, 0.15) is 69.9 Å². The van der Waals surface area contributed by atoms with Crippen LogP contribution in [-0.2, 0) is 62.5 Å². The SMILES string of the molecule is CC(CCC(C)N(NS(C)(=O)=O)S(=O)(=O)c1ccccc1)CC(CCCC(N)=O)N(NS(C)(=O)=O)S(=O)(=O)c1ccccc1.O=C(O)C1CCc2ccccc2C1. The molecule has 0 aliphatic heterocycles. The largest absolute Gasteiger partial charge is 0.481 e. The molecule has 0 heterocycles. The highest BCUT2D eigenvalue weighted by molar-refractivity contribution is 7.92. The van der Waals surface area contributed by atoms with Gasteiger partial charge in [-0.05, 0) is 99.6 Å². The Morgan fingerprint density at radius 3 is 1.68 bits per heavy atom. The molecule has 316 valence electrons. The molecule has 0 spiro atoms. The summed E-state index contributed by atoms with van der Waals surface area (Å²) < 4.78 is 104. The highest BCUT2D eigenvalue weighted by Gasteiger charge is 2.36. The number of sulfonamides is 4. The molecule has 5 N–H and O–H groups in total. The molecule has 4 unspecified atom stereocenters. The molecule has 57 heavy (non-hydrogen) atoms. The van der Waals surface area contributed by atoms with Crippen molar-refractivity contribution in [2.45, 2.75) is 93.5 Å². The second-order valence-corrected chi connectivity index (χ2v) is 21.4. The summed E-state index contributed by atoms with van der Waals surface area (Å²) in [7, 11) is -16.7. The fourth-order valence-electron chi connectivity index (χ4n) is 6.41. The number of rotatable bonds is 20. The van der Waals surface area contributed by atoms with Crippen LogP contribution in [-0.4, -0.2) is 84.1 Å². The Morgan fingerprint density at radius 2 is 1.19 bits per heavy atom. The van der Waals surface area contributed by atoms with Gasteiger partial charge in [0, 0.05) is 18.5 Å². The van der Waals surface area contributed by atoms with Gasteiger partial charge in [0.1, 0.15) is 0 Å². The van der Waals surface area contributed by atoms with E-state index in [1.807, 2.05) is 18.2 Å². The number of carbonyl (C=O) groups excluding carboxylic acids is 1. The minimum absolute atomic E-state index is 0.0521. The number of nitrogens with two attached hydrogens (primary N) is 1. The minimum atomic E-state index is -4.38. The van der Waals surface area contributed by atoms with Gasteiger partial charge in [-0.1, -0.05) is 67.6 Å². The van der Waals surface area contributed by atoms with Crippen LogP contribution in [0.25, 0.3) is 0 Å². The Kier molecular flexibility index (Phi) is 17.4. The van der Waals surface area contributed by atoms with Gasteiger partial charge in [0.25, 0.3) is 20.0 Å². The molecule has 3 aromatic rings. The molecule has 1 aliphatic carbocycles. The predicted molar refractivity (Wildman–Crippen MR) is 216 cm³/mol. The normalized spacial score (nSPS) is 16.5. The van der Waals surface area contributed by atoms with Crippen molar-refractivity contribution in [2.24, 2.45) is 17.6 Å². The Morgan fingerprint density at radius 1 is 0.719 bits per heavy atom. The van der Waals surface area contributed by atoms with Gasteiger partial charge in [0.05, 0.1) is 28.2 Å². The molecule has 0 radical (unpaired) electrons. The van der Waals surface area contributed by atoms with Crippen molar-refractivity contribution in [3.8, 4) is 0 Å². The van der Waals surface area contributed by atoms with E-state index >= 15 is 0 Å². The van der Waals surface area contributed by atoms with Crippen LogP contribution in [0.4, 0.5) is 0 Å². The number of amides is 1. The van der Waals surface area contributed by atoms with Crippen molar-refractivity contribution in [1.29, 1.82) is 0 Å². The highest BCUT2D eigenvalue weighted by atomic mass is 32.2. The van der Waals surface area contributed by atoms with Crippen LogP contribution in [0, 0.1) is 11.8 Å². The average Bonchev–Trinajstić information content (AvgIpc) is 3.14. The maximum absolute atomic E-state index is 13.6. The topological polar surface area (TPSA) is 247 Å². The smallest absolute Gasteiger partial charge is 0.306 e. The minimum Gasteiger partial charge on any atom is -0.481 e. The number of hydrogen-bond acceptors (Lipinski definition) is 10. The molecule has 4 atom stereocenters. The van der Waals surface area contributed by atoms with Crippen LogP contribution in [0.2, 0.25) is 0 Å². The lowest BCUT2D eigenvalue weighted by atomic mass is 9.84. The number of fused-ring (bicyclic) bond motifs is 1. The molecule has 20 heteroatoms. The number of aryl methyl sites for hydroxylation is 1. The van der Waals surface area contributed by atoms with Gasteiger partial charge in [-0.15, -0.1) is 18.5 Å². The van der Waals surface area contributed by atoms with Crippen LogP contribution in [0.15, 0.2) is 94.7 Å². The maximum atomic E-state index is 13.6. The van der Waals surface area contributed by atoms with Gasteiger partial charge >= 0.3 is 5.97 Å². The molecule has 0 bridgehead atoms. The molecule has 0 saturated carbocycles. The van der Waals surface area contributed by atoms with E-state index < -0.39 is 64.1 Å². The molecule has 4 rings (SSSR count). The van der Waals surface area contributed by atoms with E-state index in [9.17, 15) is 43.3 Å². The second-order valence-electron chi connectivity index (χ2n) is 14.3. The first-order chi connectivity index (χ1) is 26.5.